The molecule has 0 saturated carbocycles. The Morgan fingerprint density at radius 1 is 1.11 bits per heavy atom. The third kappa shape index (κ3) is 2.91. The molecule has 0 aliphatic rings. The summed E-state index contributed by atoms with van der Waals surface area (Å²) in [6.07, 6.45) is 5.72. The van der Waals surface area contributed by atoms with Crippen LogP contribution in [0.3, 0.4) is 0 Å². The van der Waals surface area contributed by atoms with Crippen molar-refractivity contribution in [2.75, 3.05) is 13.6 Å². The van der Waals surface area contributed by atoms with E-state index in [1.54, 1.807) is 0 Å². The number of unbranched alkanes of at least 4 members (excludes halogenated alkanes) is 2. The van der Waals surface area contributed by atoms with Crippen molar-refractivity contribution in [2.24, 2.45) is 0 Å². The third-order valence-corrected chi connectivity index (χ3v) is 3.56. The number of hydrogen-bond acceptors (Lipinski definition) is 2. The number of rotatable bonds is 6. The summed E-state index contributed by atoms with van der Waals surface area (Å²) in [5.41, 5.74) is 5.06. The maximum atomic E-state index is 4.49. The fraction of sp³-hybridized carbons (Fsp3) is 0.533. The Balaban J connectivity index is 2.03. The predicted octanol–water partition coefficient (Wildman–Crippen LogP) is 3.04. The molecular formula is C15H23N3. The summed E-state index contributed by atoms with van der Waals surface area (Å²) in [5, 5.41) is 3.19. The summed E-state index contributed by atoms with van der Waals surface area (Å²) < 4.78 is 2.28. The number of fused-ring (bicyclic) bond motifs is 1. The van der Waals surface area contributed by atoms with Crippen LogP contribution in [0.5, 0.6) is 0 Å². The Hall–Kier alpha value is -1.35. The number of aryl methyl sites for hydroxylation is 3. The average molecular weight is 245 g/mol. The van der Waals surface area contributed by atoms with Gasteiger partial charge >= 0.3 is 0 Å². The standard InChI is InChI=1S/C15H23N3/c1-12-9-14-15(10-13(12)2)18(11-17-14)8-6-4-5-7-16-3/h9-11,16H,4-8H2,1-3H3. The molecule has 1 N–H and O–H groups in total. The first-order valence-electron chi connectivity index (χ1n) is 6.79. The lowest BCUT2D eigenvalue weighted by Gasteiger charge is -2.06. The van der Waals surface area contributed by atoms with Gasteiger partial charge in [-0.1, -0.05) is 6.42 Å². The highest BCUT2D eigenvalue weighted by Gasteiger charge is 2.04. The number of benzene rings is 1. The maximum Gasteiger partial charge on any atom is 0.0958 e. The maximum absolute atomic E-state index is 4.49. The molecule has 0 unspecified atom stereocenters. The Kier molecular flexibility index (Phi) is 4.37. The zero-order chi connectivity index (χ0) is 13.0. The van der Waals surface area contributed by atoms with Gasteiger partial charge in [-0.25, -0.2) is 4.98 Å². The van der Waals surface area contributed by atoms with Crippen LogP contribution in [0.25, 0.3) is 11.0 Å². The smallest absolute Gasteiger partial charge is 0.0958 e. The van der Waals surface area contributed by atoms with Crippen molar-refractivity contribution in [3.63, 3.8) is 0 Å². The molecule has 2 aromatic rings. The van der Waals surface area contributed by atoms with Gasteiger partial charge in [-0.15, -0.1) is 0 Å². The number of aromatic nitrogens is 2. The summed E-state index contributed by atoms with van der Waals surface area (Å²) in [7, 11) is 2.01. The Morgan fingerprint density at radius 3 is 2.67 bits per heavy atom. The lowest BCUT2D eigenvalue weighted by Crippen LogP contribution is -2.07. The second-order valence-electron chi connectivity index (χ2n) is 5.03. The molecule has 3 nitrogen and oxygen atoms in total. The topological polar surface area (TPSA) is 29.9 Å². The summed E-state index contributed by atoms with van der Waals surface area (Å²) in [4.78, 5) is 4.49. The predicted molar refractivity (Wildman–Crippen MR) is 77.0 cm³/mol. The van der Waals surface area contributed by atoms with Crippen LogP contribution in [0.2, 0.25) is 0 Å². The molecule has 0 saturated heterocycles. The van der Waals surface area contributed by atoms with Crippen LogP contribution in [0.15, 0.2) is 18.5 Å². The fourth-order valence-electron chi connectivity index (χ4n) is 2.25. The summed E-state index contributed by atoms with van der Waals surface area (Å²) >= 11 is 0. The molecule has 18 heavy (non-hydrogen) atoms. The molecule has 1 aromatic heterocycles. The van der Waals surface area contributed by atoms with E-state index in [1.807, 2.05) is 13.4 Å². The van der Waals surface area contributed by atoms with E-state index in [9.17, 15) is 0 Å². The zero-order valence-electron chi connectivity index (χ0n) is 11.7. The van der Waals surface area contributed by atoms with Crippen molar-refractivity contribution >= 4 is 11.0 Å². The first-order valence-corrected chi connectivity index (χ1v) is 6.79. The highest BCUT2D eigenvalue weighted by atomic mass is 15.0. The van der Waals surface area contributed by atoms with Crippen molar-refractivity contribution in [3.05, 3.63) is 29.6 Å². The lowest BCUT2D eigenvalue weighted by atomic mass is 10.1. The molecule has 1 aromatic carbocycles. The van der Waals surface area contributed by atoms with Gasteiger partial charge in [0.1, 0.15) is 0 Å². The highest BCUT2D eigenvalue weighted by Crippen LogP contribution is 2.18. The molecule has 0 radical (unpaired) electrons. The van der Waals surface area contributed by atoms with Crippen molar-refractivity contribution in [1.29, 1.82) is 0 Å². The Labute approximate surface area is 109 Å². The van der Waals surface area contributed by atoms with E-state index in [0.29, 0.717) is 0 Å². The van der Waals surface area contributed by atoms with E-state index in [4.69, 9.17) is 0 Å². The summed E-state index contributed by atoms with van der Waals surface area (Å²) in [5.74, 6) is 0. The number of nitrogens with one attached hydrogen (secondary N) is 1. The van der Waals surface area contributed by atoms with Crippen molar-refractivity contribution in [1.82, 2.24) is 14.9 Å². The molecule has 98 valence electrons. The van der Waals surface area contributed by atoms with E-state index >= 15 is 0 Å². The van der Waals surface area contributed by atoms with Gasteiger partial charge in [0.25, 0.3) is 0 Å². The van der Waals surface area contributed by atoms with E-state index in [0.717, 1.165) is 18.6 Å². The van der Waals surface area contributed by atoms with Gasteiger partial charge in [-0.3, -0.25) is 0 Å². The van der Waals surface area contributed by atoms with Crippen LogP contribution in [-0.4, -0.2) is 23.1 Å². The van der Waals surface area contributed by atoms with Gasteiger partial charge in [0.2, 0.25) is 0 Å². The van der Waals surface area contributed by atoms with Crippen LogP contribution < -0.4 is 5.32 Å². The monoisotopic (exact) mass is 245 g/mol. The molecule has 3 heteroatoms. The summed E-state index contributed by atoms with van der Waals surface area (Å²) in [6, 6.07) is 4.44. The van der Waals surface area contributed by atoms with Crippen molar-refractivity contribution < 1.29 is 0 Å². The van der Waals surface area contributed by atoms with E-state index < -0.39 is 0 Å². The number of nitrogens with zero attached hydrogens (tertiary/aromatic N) is 2. The fourth-order valence-corrected chi connectivity index (χ4v) is 2.25. The molecule has 0 aliphatic carbocycles. The molecule has 0 amide bonds. The largest absolute Gasteiger partial charge is 0.331 e. The minimum absolute atomic E-state index is 1.07. The van der Waals surface area contributed by atoms with Gasteiger partial charge < -0.3 is 9.88 Å². The van der Waals surface area contributed by atoms with Gasteiger partial charge in [0, 0.05) is 6.54 Å². The average Bonchev–Trinajstić information content (AvgIpc) is 2.72. The molecule has 1 heterocycles. The van der Waals surface area contributed by atoms with E-state index in [2.05, 4.69) is 40.8 Å². The van der Waals surface area contributed by atoms with Gasteiger partial charge in [0.15, 0.2) is 0 Å². The molecule has 0 bridgehead atoms. The highest BCUT2D eigenvalue weighted by molar-refractivity contribution is 5.77. The lowest BCUT2D eigenvalue weighted by molar-refractivity contribution is 0.582. The normalized spacial score (nSPS) is 11.3. The van der Waals surface area contributed by atoms with Gasteiger partial charge in [-0.05, 0) is 63.5 Å². The van der Waals surface area contributed by atoms with E-state index in [1.165, 1.54) is 35.9 Å². The first-order chi connectivity index (χ1) is 8.72. The first kappa shape index (κ1) is 13.1. The van der Waals surface area contributed by atoms with Crippen molar-refractivity contribution in [3.8, 4) is 0 Å². The summed E-state index contributed by atoms with van der Waals surface area (Å²) in [6.45, 7) is 6.50. The van der Waals surface area contributed by atoms with Crippen LogP contribution >= 0.6 is 0 Å². The molecule has 2 rings (SSSR count). The second-order valence-corrected chi connectivity index (χ2v) is 5.03. The molecule has 0 fully saturated rings. The SMILES string of the molecule is CNCCCCCn1cnc2cc(C)c(C)cc21. The molecule has 0 aliphatic heterocycles. The van der Waals surface area contributed by atoms with Crippen LogP contribution in [0.1, 0.15) is 30.4 Å². The van der Waals surface area contributed by atoms with Crippen molar-refractivity contribution in [2.45, 2.75) is 39.7 Å². The van der Waals surface area contributed by atoms with E-state index in [-0.39, 0.29) is 0 Å². The van der Waals surface area contributed by atoms with Gasteiger partial charge in [0.05, 0.1) is 17.4 Å². The molecular weight excluding hydrogens is 222 g/mol. The second kappa shape index (κ2) is 6.01. The Morgan fingerprint density at radius 2 is 1.89 bits per heavy atom. The van der Waals surface area contributed by atoms with Crippen LogP contribution in [0.4, 0.5) is 0 Å². The third-order valence-electron chi connectivity index (χ3n) is 3.56. The quantitative estimate of drug-likeness (QED) is 0.793. The van der Waals surface area contributed by atoms with Gasteiger partial charge in [-0.2, -0.15) is 0 Å². The minimum atomic E-state index is 1.07. The zero-order valence-corrected chi connectivity index (χ0v) is 11.7. The molecule has 0 atom stereocenters. The number of hydrogen-bond donors (Lipinski definition) is 1. The van der Waals surface area contributed by atoms with Crippen LogP contribution in [-0.2, 0) is 6.54 Å². The molecule has 0 spiro atoms. The minimum Gasteiger partial charge on any atom is -0.331 e. The Bertz CT molecular complexity index is 514. The number of imidazole rings is 1. The van der Waals surface area contributed by atoms with Crippen LogP contribution in [0, 0.1) is 13.8 Å².